The van der Waals surface area contributed by atoms with Gasteiger partial charge in [0, 0.05) is 10.8 Å². The van der Waals surface area contributed by atoms with Crippen LogP contribution in [0.3, 0.4) is 0 Å². The van der Waals surface area contributed by atoms with Crippen molar-refractivity contribution in [3.05, 3.63) is 36.4 Å². The normalized spacial score (nSPS) is 12.2. The molecule has 0 saturated heterocycles. The summed E-state index contributed by atoms with van der Waals surface area (Å²) in [7, 11) is 0. The van der Waals surface area contributed by atoms with Gasteiger partial charge in [-0.05, 0) is 26.0 Å². The number of benzene rings is 2. The summed E-state index contributed by atoms with van der Waals surface area (Å²) in [5.74, 6) is 0.920. The fourth-order valence-electron chi connectivity index (χ4n) is 2.06. The summed E-state index contributed by atoms with van der Waals surface area (Å²) in [5, 5.41) is 23.4. The number of ether oxygens (including phenoxy) is 1. The van der Waals surface area contributed by atoms with Crippen molar-refractivity contribution in [1.29, 1.82) is 0 Å². The Morgan fingerprint density at radius 3 is 2.43 bits per heavy atom. The Morgan fingerprint density at radius 1 is 1.10 bits per heavy atom. The lowest BCUT2D eigenvalue weighted by Crippen LogP contribution is -3.00. The number of aromatic hydroxyl groups is 1. The number of nitrogens with two attached hydrogens (primary N) is 1. The van der Waals surface area contributed by atoms with E-state index in [9.17, 15) is 10.2 Å². The van der Waals surface area contributed by atoms with Crippen LogP contribution in [0.1, 0.15) is 13.8 Å². The van der Waals surface area contributed by atoms with E-state index in [0.717, 1.165) is 10.8 Å². The van der Waals surface area contributed by atoms with Crippen molar-refractivity contribution in [2.75, 3.05) is 13.2 Å². The number of rotatable bonds is 6. The van der Waals surface area contributed by atoms with Crippen LogP contribution in [0.5, 0.6) is 11.5 Å². The number of phenols is 1. The van der Waals surface area contributed by atoms with Crippen molar-refractivity contribution in [2.24, 2.45) is 0 Å². The van der Waals surface area contributed by atoms with Gasteiger partial charge in [-0.2, -0.15) is 0 Å². The Hall–Kier alpha value is -1.49. The number of aliphatic hydroxyl groups is 1. The van der Waals surface area contributed by atoms with Crippen molar-refractivity contribution >= 4 is 10.8 Å². The second-order valence-corrected chi connectivity index (χ2v) is 5.31. The largest absolute Gasteiger partial charge is 1.00 e. The fraction of sp³-hybridized carbons (Fsp3) is 0.375. The lowest BCUT2D eigenvalue weighted by molar-refractivity contribution is -0.688. The molecule has 4 N–H and O–H groups in total. The van der Waals surface area contributed by atoms with E-state index >= 15 is 0 Å². The third kappa shape index (κ3) is 4.77. The minimum atomic E-state index is -0.509. The van der Waals surface area contributed by atoms with Crippen LogP contribution in [0.25, 0.3) is 10.8 Å². The molecule has 5 heteroatoms. The molecule has 0 amide bonds. The zero-order valence-corrected chi connectivity index (χ0v) is 13.0. The van der Waals surface area contributed by atoms with Crippen LogP contribution in [-0.4, -0.2) is 35.5 Å². The Kier molecular flexibility index (Phi) is 6.75. The number of aliphatic hydroxyl groups excluding tert-OH is 1. The maximum absolute atomic E-state index is 9.88. The van der Waals surface area contributed by atoms with E-state index in [1.165, 1.54) is 0 Å². The van der Waals surface area contributed by atoms with Crippen LogP contribution in [-0.2, 0) is 0 Å². The highest BCUT2D eigenvalue weighted by Crippen LogP contribution is 2.32. The van der Waals surface area contributed by atoms with Gasteiger partial charge in [0.2, 0.25) is 0 Å². The summed E-state index contributed by atoms with van der Waals surface area (Å²) < 4.78 is 5.69. The van der Waals surface area contributed by atoms with Crippen molar-refractivity contribution in [1.82, 2.24) is 0 Å². The topological polar surface area (TPSA) is 66.3 Å². The molecule has 0 bridgehead atoms. The smallest absolute Gasteiger partial charge is 0.137 e. The van der Waals surface area contributed by atoms with E-state index in [1.807, 2.05) is 24.3 Å². The summed E-state index contributed by atoms with van der Waals surface area (Å²) in [5.41, 5.74) is 0. The molecule has 0 heterocycles. The molecule has 4 nitrogen and oxygen atoms in total. The summed E-state index contributed by atoms with van der Waals surface area (Å²) in [4.78, 5) is 0. The molecular formula is C16H22ClNO3. The van der Waals surface area contributed by atoms with Crippen LogP contribution in [0.15, 0.2) is 36.4 Å². The molecule has 0 saturated carbocycles. The molecule has 116 valence electrons. The van der Waals surface area contributed by atoms with E-state index in [4.69, 9.17) is 4.74 Å². The lowest BCUT2D eigenvalue weighted by Gasteiger charge is -2.14. The van der Waals surface area contributed by atoms with Crippen molar-refractivity contribution < 1.29 is 32.7 Å². The lowest BCUT2D eigenvalue weighted by atomic mass is 10.1. The van der Waals surface area contributed by atoms with E-state index in [-0.39, 0.29) is 24.8 Å². The standard InChI is InChI=1S/C16H21NO3.ClH/c1-11(2)17-9-12(18)10-20-16-8-7-15(19)13-5-3-4-6-14(13)16;/h3-8,11-12,17-19H,9-10H2,1-2H3;1H/t12-;/m0./s1. The van der Waals surface area contributed by atoms with Gasteiger partial charge in [-0.15, -0.1) is 0 Å². The first-order valence-electron chi connectivity index (χ1n) is 6.93. The summed E-state index contributed by atoms with van der Waals surface area (Å²) in [6, 6.07) is 11.3. The fourth-order valence-corrected chi connectivity index (χ4v) is 2.06. The molecule has 0 radical (unpaired) electrons. The summed E-state index contributed by atoms with van der Waals surface area (Å²) in [6.45, 7) is 5.04. The van der Waals surface area contributed by atoms with Gasteiger partial charge in [-0.3, -0.25) is 0 Å². The highest BCUT2D eigenvalue weighted by Gasteiger charge is 2.11. The molecule has 1 atom stereocenters. The van der Waals surface area contributed by atoms with Gasteiger partial charge in [0.1, 0.15) is 30.8 Å². The number of fused-ring (bicyclic) bond motifs is 1. The van der Waals surface area contributed by atoms with Crippen LogP contribution in [0.4, 0.5) is 0 Å². The van der Waals surface area contributed by atoms with Crippen molar-refractivity contribution in [2.45, 2.75) is 26.0 Å². The zero-order valence-electron chi connectivity index (χ0n) is 12.3. The van der Waals surface area contributed by atoms with Gasteiger partial charge in [0.05, 0.1) is 6.04 Å². The first-order chi connectivity index (χ1) is 9.58. The second-order valence-electron chi connectivity index (χ2n) is 5.31. The van der Waals surface area contributed by atoms with Crippen LogP contribution in [0, 0.1) is 0 Å². The minimum Gasteiger partial charge on any atom is -1.00 e. The van der Waals surface area contributed by atoms with Gasteiger partial charge in [0.25, 0.3) is 0 Å². The third-order valence-electron chi connectivity index (χ3n) is 3.17. The number of phenolic OH excluding ortho intramolecular Hbond substituents is 1. The average molecular weight is 312 g/mol. The van der Waals surface area contributed by atoms with Crippen molar-refractivity contribution in [3.63, 3.8) is 0 Å². The maximum Gasteiger partial charge on any atom is 0.137 e. The number of halogens is 1. The maximum atomic E-state index is 9.88. The van der Waals surface area contributed by atoms with Crippen LogP contribution in [0.2, 0.25) is 0 Å². The molecule has 0 unspecified atom stereocenters. The Morgan fingerprint density at radius 2 is 1.76 bits per heavy atom. The molecule has 2 aromatic carbocycles. The van der Waals surface area contributed by atoms with Crippen LogP contribution >= 0.6 is 0 Å². The van der Waals surface area contributed by atoms with E-state index in [2.05, 4.69) is 19.2 Å². The van der Waals surface area contributed by atoms with Gasteiger partial charge in [-0.1, -0.05) is 24.3 Å². The number of hydrogen-bond donors (Lipinski definition) is 3. The van der Waals surface area contributed by atoms with Gasteiger partial charge in [-0.25, -0.2) is 0 Å². The number of quaternary nitrogens is 1. The Bertz CT molecular complexity index is 574. The molecule has 0 aliphatic rings. The van der Waals surface area contributed by atoms with E-state index in [1.54, 1.807) is 12.1 Å². The first kappa shape index (κ1) is 17.6. The predicted molar refractivity (Wildman–Crippen MR) is 79.0 cm³/mol. The third-order valence-corrected chi connectivity index (χ3v) is 3.17. The highest BCUT2D eigenvalue weighted by molar-refractivity contribution is 5.92. The summed E-state index contributed by atoms with van der Waals surface area (Å²) >= 11 is 0. The molecule has 0 fully saturated rings. The minimum absolute atomic E-state index is 0. The van der Waals surface area contributed by atoms with E-state index in [0.29, 0.717) is 18.3 Å². The van der Waals surface area contributed by atoms with E-state index < -0.39 is 6.10 Å². The molecule has 0 aliphatic carbocycles. The van der Waals surface area contributed by atoms with Gasteiger partial charge < -0.3 is 32.7 Å². The molecule has 0 aromatic heterocycles. The average Bonchev–Trinajstić information content (AvgIpc) is 2.45. The molecular weight excluding hydrogens is 290 g/mol. The number of hydrogen-bond acceptors (Lipinski definition) is 3. The predicted octanol–water partition coefficient (Wildman–Crippen LogP) is -1.74. The quantitative estimate of drug-likeness (QED) is 0.593. The SMILES string of the molecule is CC(C)[NH2+]C[C@H](O)COc1ccc(O)c2ccccc12.[Cl-]. The van der Waals surface area contributed by atoms with Gasteiger partial charge in [0.15, 0.2) is 0 Å². The molecule has 0 spiro atoms. The Labute approximate surface area is 131 Å². The molecule has 0 aliphatic heterocycles. The summed E-state index contributed by atoms with van der Waals surface area (Å²) in [6.07, 6.45) is -0.509. The first-order valence-corrected chi connectivity index (χ1v) is 6.93. The Balaban J connectivity index is 0.00000220. The van der Waals surface area contributed by atoms with Gasteiger partial charge >= 0.3 is 0 Å². The molecule has 2 rings (SSSR count). The zero-order chi connectivity index (χ0) is 14.5. The monoisotopic (exact) mass is 311 g/mol. The van der Waals surface area contributed by atoms with Crippen LogP contribution < -0.4 is 22.5 Å². The molecule has 21 heavy (non-hydrogen) atoms. The second kappa shape index (κ2) is 8.08. The van der Waals surface area contributed by atoms with Crippen molar-refractivity contribution in [3.8, 4) is 11.5 Å². The molecule has 2 aromatic rings. The highest BCUT2D eigenvalue weighted by atomic mass is 35.5.